The topological polar surface area (TPSA) is 94.5 Å². The highest BCUT2D eigenvalue weighted by atomic mass is 32.2. The number of anilines is 1. The van der Waals surface area contributed by atoms with Gasteiger partial charge in [-0.25, -0.2) is 4.98 Å². The fourth-order valence-corrected chi connectivity index (χ4v) is 4.91. The molecule has 4 rings (SSSR count). The standard InChI is InChI=1S/C19H17N5OS2/c1-11-5-7-12(8-6-11)17-22-19(24-23-17)26-10-16(25)21-18-14(9-20)13-3-2-4-15(13)27-18/h5-8H,2-4,10H2,1H3,(H,21,25)(H,22,23,24). The van der Waals surface area contributed by atoms with E-state index < -0.39 is 0 Å². The first-order chi connectivity index (χ1) is 13.1. The van der Waals surface area contributed by atoms with Crippen LogP contribution in [0.1, 0.15) is 28.0 Å². The van der Waals surface area contributed by atoms with Crippen molar-refractivity contribution < 1.29 is 4.79 Å². The van der Waals surface area contributed by atoms with Gasteiger partial charge < -0.3 is 5.32 Å². The van der Waals surface area contributed by atoms with Crippen LogP contribution >= 0.6 is 23.1 Å². The van der Waals surface area contributed by atoms with Crippen LogP contribution in [-0.2, 0) is 17.6 Å². The SMILES string of the molecule is Cc1ccc(-c2nc(SCC(=O)Nc3sc4c(c3C#N)CCC4)n[nH]2)cc1. The summed E-state index contributed by atoms with van der Waals surface area (Å²) in [6.45, 7) is 2.03. The molecule has 0 aliphatic heterocycles. The molecule has 0 radical (unpaired) electrons. The molecule has 136 valence electrons. The van der Waals surface area contributed by atoms with Crippen molar-refractivity contribution >= 4 is 34.0 Å². The second kappa shape index (κ2) is 7.55. The molecule has 1 aliphatic carbocycles. The number of hydrogen-bond donors (Lipinski definition) is 2. The zero-order valence-corrected chi connectivity index (χ0v) is 16.3. The van der Waals surface area contributed by atoms with E-state index in [0.717, 1.165) is 30.4 Å². The molecule has 2 heterocycles. The van der Waals surface area contributed by atoms with E-state index in [1.807, 2.05) is 31.2 Å². The van der Waals surface area contributed by atoms with Crippen LogP contribution in [0.15, 0.2) is 29.4 Å². The number of nitrogens with zero attached hydrogens (tertiary/aromatic N) is 3. The number of hydrogen-bond acceptors (Lipinski definition) is 6. The Labute approximate surface area is 165 Å². The second-order valence-electron chi connectivity index (χ2n) is 6.34. The predicted octanol–water partition coefficient (Wildman–Crippen LogP) is 3.93. The lowest BCUT2D eigenvalue weighted by Gasteiger charge is -2.02. The fraction of sp³-hybridized carbons (Fsp3) is 0.263. The molecule has 3 aromatic rings. The van der Waals surface area contributed by atoms with E-state index in [1.165, 1.54) is 33.5 Å². The minimum absolute atomic E-state index is 0.155. The molecule has 0 unspecified atom stereocenters. The first-order valence-electron chi connectivity index (χ1n) is 8.61. The Morgan fingerprint density at radius 1 is 1.37 bits per heavy atom. The third-order valence-corrected chi connectivity index (χ3v) is 6.46. The highest BCUT2D eigenvalue weighted by Crippen LogP contribution is 2.38. The number of aromatic amines is 1. The zero-order valence-electron chi connectivity index (χ0n) is 14.7. The quantitative estimate of drug-likeness (QED) is 0.638. The van der Waals surface area contributed by atoms with Gasteiger partial charge in [0.2, 0.25) is 11.1 Å². The van der Waals surface area contributed by atoms with E-state index in [4.69, 9.17) is 0 Å². The van der Waals surface area contributed by atoms with Crippen molar-refractivity contribution in [1.29, 1.82) is 5.26 Å². The number of aromatic nitrogens is 3. The summed E-state index contributed by atoms with van der Waals surface area (Å²) in [5.41, 5.74) is 3.88. The summed E-state index contributed by atoms with van der Waals surface area (Å²) in [6.07, 6.45) is 3.02. The van der Waals surface area contributed by atoms with Crippen LogP contribution in [0.5, 0.6) is 0 Å². The van der Waals surface area contributed by atoms with Gasteiger partial charge >= 0.3 is 0 Å². The largest absolute Gasteiger partial charge is 0.316 e. The van der Waals surface area contributed by atoms with E-state index in [9.17, 15) is 10.1 Å². The van der Waals surface area contributed by atoms with E-state index >= 15 is 0 Å². The van der Waals surface area contributed by atoms with E-state index in [1.54, 1.807) is 0 Å². The molecule has 27 heavy (non-hydrogen) atoms. The highest BCUT2D eigenvalue weighted by molar-refractivity contribution is 7.99. The van der Waals surface area contributed by atoms with Crippen LogP contribution in [0.3, 0.4) is 0 Å². The molecule has 6 nitrogen and oxygen atoms in total. The number of carbonyl (C=O) groups is 1. The number of rotatable bonds is 5. The molecule has 0 saturated heterocycles. The van der Waals surface area contributed by atoms with Gasteiger partial charge in [-0.05, 0) is 31.7 Å². The van der Waals surface area contributed by atoms with Crippen LogP contribution in [0, 0.1) is 18.3 Å². The van der Waals surface area contributed by atoms with Gasteiger partial charge in [-0.1, -0.05) is 41.6 Å². The summed E-state index contributed by atoms with van der Waals surface area (Å²) in [5.74, 6) is 0.719. The number of fused-ring (bicyclic) bond motifs is 1. The molecular formula is C19H17N5OS2. The number of benzene rings is 1. The number of thioether (sulfide) groups is 1. The van der Waals surface area contributed by atoms with Crippen LogP contribution in [0.2, 0.25) is 0 Å². The Bertz CT molecular complexity index is 1030. The molecule has 2 aromatic heterocycles. The number of thiophene rings is 1. The average molecular weight is 396 g/mol. The molecule has 1 amide bonds. The van der Waals surface area contributed by atoms with Gasteiger partial charge in [-0.2, -0.15) is 5.26 Å². The molecule has 8 heteroatoms. The highest BCUT2D eigenvalue weighted by Gasteiger charge is 2.23. The Kier molecular flexibility index (Phi) is 4.97. The summed E-state index contributed by atoms with van der Waals surface area (Å²) in [4.78, 5) is 18.0. The van der Waals surface area contributed by atoms with Crippen LogP contribution in [0.25, 0.3) is 11.4 Å². The molecule has 1 aromatic carbocycles. The van der Waals surface area contributed by atoms with Crippen LogP contribution in [-0.4, -0.2) is 26.8 Å². The third-order valence-electron chi connectivity index (χ3n) is 4.41. The lowest BCUT2D eigenvalue weighted by molar-refractivity contribution is -0.113. The minimum atomic E-state index is -0.155. The van der Waals surface area contributed by atoms with Gasteiger partial charge in [0.1, 0.15) is 11.1 Å². The minimum Gasteiger partial charge on any atom is -0.316 e. The summed E-state index contributed by atoms with van der Waals surface area (Å²) in [5, 5.41) is 20.5. The number of carbonyl (C=O) groups excluding carboxylic acids is 1. The number of H-pyrrole nitrogens is 1. The van der Waals surface area contributed by atoms with E-state index in [2.05, 4.69) is 26.6 Å². The maximum Gasteiger partial charge on any atom is 0.235 e. The first-order valence-corrected chi connectivity index (χ1v) is 10.4. The Morgan fingerprint density at radius 3 is 2.96 bits per heavy atom. The maximum absolute atomic E-state index is 12.3. The first kappa shape index (κ1) is 17.8. The molecule has 0 saturated carbocycles. The van der Waals surface area contributed by atoms with Crippen LogP contribution in [0.4, 0.5) is 5.00 Å². The van der Waals surface area contributed by atoms with Crippen molar-refractivity contribution in [2.45, 2.75) is 31.3 Å². The molecule has 0 fully saturated rings. The second-order valence-corrected chi connectivity index (χ2v) is 8.39. The van der Waals surface area contributed by atoms with Gasteiger partial charge in [0, 0.05) is 10.4 Å². The van der Waals surface area contributed by atoms with E-state index in [-0.39, 0.29) is 11.7 Å². The lowest BCUT2D eigenvalue weighted by atomic mass is 10.1. The van der Waals surface area contributed by atoms with Crippen LogP contribution < -0.4 is 5.32 Å². The van der Waals surface area contributed by atoms with Crippen molar-refractivity contribution in [2.75, 3.05) is 11.1 Å². The van der Waals surface area contributed by atoms with Crippen molar-refractivity contribution in [3.63, 3.8) is 0 Å². The summed E-state index contributed by atoms with van der Waals surface area (Å²) < 4.78 is 0. The monoisotopic (exact) mass is 395 g/mol. The van der Waals surface area contributed by atoms with Crippen molar-refractivity contribution in [2.24, 2.45) is 0 Å². The Hall–Kier alpha value is -2.63. The molecular weight excluding hydrogens is 378 g/mol. The maximum atomic E-state index is 12.3. The number of nitriles is 1. The van der Waals surface area contributed by atoms with Crippen molar-refractivity contribution in [3.05, 3.63) is 45.8 Å². The fourth-order valence-electron chi connectivity index (χ4n) is 3.05. The molecule has 0 bridgehead atoms. The smallest absolute Gasteiger partial charge is 0.235 e. The zero-order chi connectivity index (χ0) is 18.8. The summed E-state index contributed by atoms with van der Waals surface area (Å²) in [6, 6.07) is 10.2. The molecule has 0 atom stereocenters. The van der Waals surface area contributed by atoms with E-state index in [0.29, 0.717) is 21.5 Å². The van der Waals surface area contributed by atoms with Gasteiger partial charge in [0.25, 0.3) is 0 Å². The van der Waals surface area contributed by atoms with Gasteiger partial charge in [0.15, 0.2) is 5.82 Å². The lowest BCUT2D eigenvalue weighted by Crippen LogP contribution is -2.14. The number of nitrogens with one attached hydrogen (secondary N) is 2. The molecule has 0 spiro atoms. The number of amides is 1. The third kappa shape index (κ3) is 3.75. The Balaban J connectivity index is 1.38. The normalized spacial score (nSPS) is 12.6. The molecule has 1 aliphatic rings. The van der Waals surface area contributed by atoms with Gasteiger partial charge in [0.05, 0.1) is 11.3 Å². The van der Waals surface area contributed by atoms with Crippen molar-refractivity contribution in [1.82, 2.24) is 15.2 Å². The van der Waals surface area contributed by atoms with Gasteiger partial charge in [-0.15, -0.1) is 16.4 Å². The predicted molar refractivity (Wildman–Crippen MR) is 107 cm³/mol. The number of aryl methyl sites for hydroxylation is 2. The summed E-state index contributed by atoms with van der Waals surface area (Å²) >= 11 is 2.79. The Morgan fingerprint density at radius 2 is 2.19 bits per heavy atom. The van der Waals surface area contributed by atoms with Crippen molar-refractivity contribution in [3.8, 4) is 17.5 Å². The summed E-state index contributed by atoms with van der Waals surface area (Å²) in [7, 11) is 0. The van der Waals surface area contributed by atoms with Gasteiger partial charge in [-0.3, -0.25) is 9.89 Å². The molecule has 2 N–H and O–H groups in total. The average Bonchev–Trinajstić information content (AvgIpc) is 3.36.